The van der Waals surface area contributed by atoms with E-state index in [1.54, 1.807) is 24.8 Å². The average molecular weight is 429 g/mol. The van der Waals surface area contributed by atoms with E-state index in [1.807, 2.05) is 29.2 Å². The first kappa shape index (κ1) is 19.0. The third-order valence-electron chi connectivity index (χ3n) is 7.13. The summed E-state index contributed by atoms with van der Waals surface area (Å²) in [6.07, 6.45) is 7.98. The average Bonchev–Trinajstić information content (AvgIpc) is 3.18. The summed E-state index contributed by atoms with van der Waals surface area (Å²) in [6, 6.07) is 9.17. The number of hydrogen-bond acceptors (Lipinski definition) is 5. The first-order valence-electron chi connectivity index (χ1n) is 11.0. The van der Waals surface area contributed by atoms with Crippen molar-refractivity contribution in [2.75, 3.05) is 19.6 Å². The van der Waals surface area contributed by atoms with Crippen LogP contribution in [0, 0.1) is 11.3 Å². The maximum atomic E-state index is 12.9. The zero-order valence-electron chi connectivity index (χ0n) is 17.5. The Labute approximate surface area is 184 Å². The summed E-state index contributed by atoms with van der Waals surface area (Å²) in [5.41, 5.74) is 3.29. The zero-order valence-corrected chi connectivity index (χ0v) is 17.5. The smallest absolute Gasteiger partial charge is 0.287 e. The standard InChI is InChI=1S/C24H23N5O3/c30-22(20-10-15-3-6-25-13-21(15)32-20)26-12-17-11-24(17)4-7-29(8-5-24)23(31)16-1-2-18-19(9-16)28-14-27-18/h1-3,6,9-10,13-14,17H,4-5,7-8,11-12H2,(H,26,30)(H,27,28). The molecule has 2 N–H and O–H groups in total. The lowest BCUT2D eigenvalue weighted by atomic mass is 9.90. The molecule has 8 heteroatoms. The SMILES string of the molecule is O=C(NCC1CC12CCN(C(=O)c1ccc3nc[nH]c3c1)CC2)c1cc2ccncc2o1. The van der Waals surface area contributed by atoms with E-state index in [4.69, 9.17) is 4.42 Å². The number of nitrogens with one attached hydrogen (secondary N) is 2. The Morgan fingerprint density at radius 3 is 2.94 bits per heavy atom. The van der Waals surface area contributed by atoms with Crippen molar-refractivity contribution in [3.63, 3.8) is 0 Å². The molecule has 32 heavy (non-hydrogen) atoms. The van der Waals surface area contributed by atoms with Crippen LogP contribution in [0.2, 0.25) is 0 Å². The van der Waals surface area contributed by atoms with Crippen LogP contribution in [0.3, 0.4) is 0 Å². The van der Waals surface area contributed by atoms with E-state index in [9.17, 15) is 9.59 Å². The summed E-state index contributed by atoms with van der Waals surface area (Å²) >= 11 is 0. The number of carbonyl (C=O) groups excluding carboxylic acids is 2. The minimum absolute atomic E-state index is 0.0706. The highest BCUT2D eigenvalue weighted by atomic mass is 16.3. The molecular weight excluding hydrogens is 406 g/mol. The molecule has 1 aliphatic carbocycles. The van der Waals surface area contributed by atoms with Crippen LogP contribution in [0.25, 0.3) is 22.0 Å². The van der Waals surface area contributed by atoms with Crippen LogP contribution >= 0.6 is 0 Å². The van der Waals surface area contributed by atoms with Crippen LogP contribution in [0.5, 0.6) is 0 Å². The zero-order chi connectivity index (χ0) is 21.7. The first-order chi connectivity index (χ1) is 15.6. The van der Waals surface area contributed by atoms with Crippen molar-refractivity contribution in [2.24, 2.45) is 11.3 Å². The van der Waals surface area contributed by atoms with Gasteiger partial charge in [0, 0.05) is 36.8 Å². The Balaban J connectivity index is 1.03. The molecule has 4 aromatic rings. The molecule has 8 nitrogen and oxygen atoms in total. The normalized spacial score (nSPS) is 19.5. The third kappa shape index (κ3) is 3.23. The molecule has 2 fully saturated rings. The minimum atomic E-state index is -0.190. The van der Waals surface area contributed by atoms with Crippen LogP contribution in [-0.2, 0) is 0 Å². The van der Waals surface area contributed by atoms with E-state index in [-0.39, 0.29) is 17.2 Å². The summed E-state index contributed by atoms with van der Waals surface area (Å²) in [5.74, 6) is 0.653. The van der Waals surface area contributed by atoms with Crippen molar-refractivity contribution in [1.82, 2.24) is 25.2 Å². The summed E-state index contributed by atoms with van der Waals surface area (Å²) < 4.78 is 5.60. The van der Waals surface area contributed by atoms with Crippen LogP contribution in [0.1, 0.15) is 40.2 Å². The lowest BCUT2D eigenvalue weighted by molar-refractivity contribution is 0.0669. The molecule has 1 aliphatic heterocycles. The second-order valence-electron chi connectivity index (χ2n) is 8.92. The number of benzene rings is 1. The quantitative estimate of drug-likeness (QED) is 0.518. The number of likely N-dealkylation sites (tertiary alicyclic amines) is 1. The van der Waals surface area contributed by atoms with Gasteiger partial charge in [0.1, 0.15) is 0 Å². The molecule has 1 saturated heterocycles. The van der Waals surface area contributed by atoms with Crippen molar-refractivity contribution in [3.8, 4) is 0 Å². The van der Waals surface area contributed by atoms with Crippen LogP contribution in [0.4, 0.5) is 0 Å². The number of amides is 2. The molecule has 2 amide bonds. The number of hydrogen-bond donors (Lipinski definition) is 2. The maximum absolute atomic E-state index is 12.9. The Kier molecular flexibility index (Phi) is 4.28. The number of piperidine rings is 1. The fourth-order valence-electron chi connectivity index (χ4n) is 5.04. The molecule has 0 radical (unpaired) electrons. The highest BCUT2D eigenvalue weighted by Gasteiger charge is 2.54. The van der Waals surface area contributed by atoms with E-state index in [2.05, 4.69) is 20.3 Å². The van der Waals surface area contributed by atoms with Crippen LogP contribution in [0.15, 0.2) is 53.5 Å². The molecule has 1 unspecified atom stereocenters. The number of H-pyrrole nitrogens is 1. The van der Waals surface area contributed by atoms with Crippen molar-refractivity contribution in [2.45, 2.75) is 19.3 Å². The summed E-state index contributed by atoms with van der Waals surface area (Å²) in [6.45, 7) is 2.14. The van der Waals surface area contributed by atoms with Gasteiger partial charge in [0.25, 0.3) is 11.8 Å². The summed E-state index contributed by atoms with van der Waals surface area (Å²) in [7, 11) is 0. The number of aromatic nitrogens is 3. The maximum Gasteiger partial charge on any atom is 0.287 e. The molecule has 162 valence electrons. The van der Waals surface area contributed by atoms with Gasteiger partial charge in [-0.3, -0.25) is 14.6 Å². The van der Waals surface area contributed by atoms with Gasteiger partial charge in [-0.25, -0.2) is 4.98 Å². The van der Waals surface area contributed by atoms with Crippen LogP contribution < -0.4 is 5.32 Å². The van der Waals surface area contributed by atoms with E-state index in [1.165, 1.54) is 0 Å². The lowest BCUT2D eigenvalue weighted by Gasteiger charge is -2.33. The number of aromatic amines is 1. The molecule has 2 aliphatic rings. The number of pyridine rings is 1. The molecule has 0 bridgehead atoms. The molecule has 4 heterocycles. The van der Waals surface area contributed by atoms with Gasteiger partial charge in [0.05, 0.1) is 23.6 Å². The van der Waals surface area contributed by atoms with E-state index in [0.717, 1.165) is 48.8 Å². The van der Waals surface area contributed by atoms with E-state index < -0.39 is 0 Å². The van der Waals surface area contributed by atoms with Crippen LogP contribution in [-0.4, -0.2) is 51.3 Å². The second kappa shape index (κ2) is 7.19. The van der Waals surface area contributed by atoms with Gasteiger partial charge in [-0.05, 0) is 60.9 Å². The summed E-state index contributed by atoms with van der Waals surface area (Å²) in [5, 5.41) is 3.90. The fraction of sp³-hybridized carbons (Fsp3) is 0.333. The number of rotatable bonds is 4. The largest absolute Gasteiger partial charge is 0.449 e. The number of fused-ring (bicyclic) bond motifs is 2. The van der Waals surface area contributed by atoms with Crippen molar-refractivity contribution >= 4 is 33.8 Å². The monoisotopic (exact) mass is 429 g/mol. The summed E-state index contributed by atoms with van der Waals surface area (Å²) in [4.78, 5) is 38.7. The van der Waals surface area contributed by atoms with Crippen molar-refractivity contribution in [3.05, 3.63) is 60.4 Å². The van der Waals surface area contributed by atoms with Gasteiger partial charge >= 0.3 is 0 Å². The number of nitrogens with zero attached hydrogens (tertiary/aromatic N) is 3. The minimum Gasteiger partial charge on any atom is -0.449 e. The Bertz CT molecular complexity index is 1300. The molecule has 1 spiro atoms. The Hall–Kier alpha value is -3.68. The van der Waals surface area contributed by atoms with Gasteiger partial charge in [-0.15, -0.1) is 0 Å². The molecule has 1 saturated carbocycles. The van der Waals surface area contributed by atoms with Crippen molar-refractivity contribution < 1.29 is 14.0 Å². The molecular formula is C24H23N5O3. The Morgan fingerprint density at radius 2 is 2.09 bits per heavy atom. The van der Waals surface area contributed by atoms with Gasteiger partial charge in [0.15, 0.2) is 11.3 Å². The van der Waals surface area contributed by atoms with Gasteiger partial charge in [-0.1, -0.05) is 0 Å². The Morgan fingerprint density at radius 1 is 1.22 bits per heavy atom. The third-order valence-corrected chi connectivity index (χ3v) is 7.13. The van der Waals surface area contributed by atoms with Gasteiger partial charge in [-0.2, -0.15) is 0 Å². The molecule has 3 aromatic heterocycles. The predicted molar refractivity (Wildman–Crippen MR) is 118 cm³/mol. The molecule has 1 aromatic carbocycles. The van der Waals surface area contributed by atoms with Gasteiger partial charge in [0.2, 0.25) is 0 Å². The second-order valence-corrected chi connectivity index (χ2v) is 8.92. The highest BCUT2D eigenvalue weighted by molar-refractivity contribution is 5.97. The number of carbonyl (C=O) groups is 2. The number of imidazole rings is 1. The van der Waals surface area contributed by atoms with E-state index in [0.29, 0.717) is 29.4 Å². The highest BCUT2D eigenvalue weighted by Crippen LogP contribution is 2.59. The topological polar surface area (TPSA) is 104 Å². The molecule has 6 rings (SSSR count). The van der Waals surface area contributed by atoms with E-state index >= 15 is 0 Å². The fourth-order valence-corrected chi connectivity index (χ4v) is 5.04. The van der Waals surface area contributed by atoms with Crippen molar-refractivity contribution in [1.29, 1.82) is 0 Å². The first-order valence-corrected chi connectivity index (χ1v) is 11.0. The lowest BCUT2D eigenvalue weighted by Crippen LogP contribution is -2.40. The molecule has 1 atom stereocenters. The van der Waals surface area contributed by atoms with Gasteiger partial charge < -0.3 is 19.6 Å². The number of furan rings is 1. The predicted octanol–water partition coefficient (Wildman–Crippen LogP) is 3.38.